The van der Waals surface area contributed by atoms with Crippen LogP contribution in [-0.4, -0.2) is 33.1 Å². The molecule has 1 saturated carbocycles. The quantitative estimate of drug-likeness (QED) is 0.786. The zero-order valence-electron chi connectivity index (χ0n) is 12.3. The minimum absolute atomic E-state index is 0.0276. The predicted octanol–water partition coefficient (Wildman–Crippen LogP) is 2.06. The van der Waals surface area contributed by atoms with Crippen molar-refractivity contribution in [2.75, 3.05) is 6.54 Å². The minimum atomic E-state index is -1.04. The molecular weight excluding hydrogens is 270 g/mol. The highest BCUT2D eigenvalue weighted by Gasteiger charge is 2.15. The van der Waals surface area contributed by atoms with Gasteiger partial charge in [0.15, 0.2) is 5.69 Å². The number of carboxylic acids is 1. The predicted molar refractivity (Wildman–Crippen MR) is 78.0 cm³/mol. The Labute approximate surface area is 124 Å². The van der Waals surface area contributed by atoms with Gasteiger partial charge in [-0.25, -0.2) is 9.78 Å². The molecule has 0 spiro atoms. The molecule has 6 nitrogen and oxygen atoms in total. The Hall–Kier alpha value is -1.85. The Balaban J connectivity index is 1.67. The molecule has 0 saturated heterocycles. The van der Waals surface area contributed by atoms with Gasteiger partial charge in [0.1, 0.15) is 0 Å². The second kappa shape index (κ2) is 7.81. The molecule has 1 aromatic heterocycles. The first kappa shape index (κ1) is 15.5. The molecule has 0 radical (unpaired) electrons. The van der Waals surface area contributed by atoms with Gasteiger partial charge >= 0.3 is 5.97 Å². The Bertz CT molecular complexity index is 476. The monoisotopic (exact) mass is 293 g/mol. The van der Waals surface area contributed by atoms with E-state index in [4.69, 9.17) is 5.11 Å². The lowest BCUT2D eigenvalue weighted by atomic mass is 9.96. The first-order chi connectivity index (χ1) is 10.1. The normalized spacial score (nSPS) is 16.4. The Morgan fingerprint density at radius 3 is 2.62 bits per heavy atom. The van der Waals surface area contributed by atoms with Crippen LogP contribution in [0.1, 0.15) is 55.4 Å². The number of hydrogen-bond acceptors (Lipinski definition) is 3. The number of aromatic nitrogens is 2. The molecule has 0 atom stereocenters. The van der Waals surface area contributed by atoms with Gasteiger partial charge in [-0.3, -0.25) is 4.79 Å². The van der Waals surface area contributed by atoms with E-state index in [1.165, 1.54) is 38.2 Å². The largest absolute Gasteiger partial charge is 0.476 e. The number of nitrogens with one attached hydrogen (secondary N) is 1. The molecule has 0 aliphatic heterocycles. The highest BCUT2D eigenvalue weighted by molar-refractivity contribution is 5.84. The maximum atomic E-state index is 11.9. The van der Waals surface area contributed by atoms with Crippen LogP contribution in [0.5, 0.6) is 0 Å². The molecule has 6 heteroatoms. The van der Waals surface area contributed by atoms with E-state index in [2.05, 4.69) is 10.3 Å². The van der Waals surface area contributed by atoms with E-state index in [1.54, 1.807) is 4.57 Å². The summed E-state index contributed by atoms with van der Waals surface area (Å²) in [6, 6.07) is 0. The van der Waals surface area contributed by atoms with Crippen molar-refractivity contribution in [1.82, 2.24) is 14.9 Å². The van der Waals surface area contributed by atoms with Crippen LogP contribution in [0.2, 0.25) is 0 Å². The van der Waals surface area contributed by atoms with Crippen LogP contribution in [0, 0.1) is 5.92 Å². The van der Waals surface area contributed by atoms with Gasteiger partial charge in [-0.05, 0) is 18.8 Å². The van der Waals surface area contributed by atoms with Gasteiger partial charge in [0.25, 0.3) is 0 Å². The van der Waals surface area contributed by atoms with Crippen LogP contribution < -0.4 is 5.32 Å². The van der Waals surface area contributed by atoms with E-state index in [1.807, 2.05) is 0 Å². The number of imidazole rings is 1. The summed E-state index contributed by atoms with van der Waals surface area (Å²) in [6.07, 6.45) is 11.0. The highest BCUT2D eigenvalue weighted by atomic mass is 16.4. The zero-order chi connectivity index (χ0) is 15.1. The standard InChI is InChI=1S/C15H23N3O3/c19-14(9-12-5-3-1-2-4-6-12)16-7-8-18-10-13(15(20)21)17-11-18/h10-12H,1-9H2,(H,16,19)(H,20,21). The van der Waals surface area contributed by atoms with E-state index in [0.717, 1.165) is 12.8 Å². The lowest BCUT2D eigenvalue weighted by molar-refractivity contribution is -0.122. The molecule has 1 aromatic rings. The first-order valence-corrected chi connectivity index (χ1v) is 7.67. The zero-order valence-corrected chi connectivity index (χ0v) is 12.3. The van der Waals surface area contributed by atoms with Crippen molar-refractivity contribution in [2.45, 2.75) is 51.5 Å². The lowest BCUT2D eigenvalue weighted by Crippen LogP contribution is -2.28. The molecule has 0 aromatic carbocycles. The summed E-state index contributed by atoms with van der Waals surface area (Å²) >= 11 is 0. The van der Waals surface area contributed by atoms with E-state index >= 15 is 0 Å². The summed E-state index contributed by atoms with van der Waals surface area (Å²) in [5, 5.41) is 11.7. The van der Waals surface area contributed by atoms with Crippen molar-refractivity contribution in [2.24, 2.45) is 5.92 Å². The average molecular weight is 293 g/mol. The van der Waals surface area contributed by atoms with E-state index < -0.39 is 5.97 Å². The first-order valence-electron chi connectivity index (χ1n) is 7.67. The molecule has 116 valence electrons. The molecule has 1 fully saturated rings. The highest BCUT2D eigenvalue weighted by Crippen LogP contribution is 2.25. The van der Waals surface area contributed by atoms with Crippen LogP contribution in [-0.2, 0) is 11.3 Å². The van der Waals surface area contributed by atoms with Crippen molar-refractivity contribution >= 4 is 11.9 Å². The van der Waals surface area contributed by atoms with Crippen LogP contribution in [0.4, 0.5) is 0 Å². The van der Waals surface area contributed by atoms with Crippen LogP contribution in [0.15, 0.2) is 12.5 Å². The van der Waals surface area contributed by atoms with Crippen molar-refractivity contribution < 1.29 is 14.7 Å². The minimum Gasteiger partial charge on any atom is -0.476 e. The number of aromatic carboxylic acids is 1. The topological polar surface area (TPSA) is 84.2 Å². The number of carbonyl (C=O) groups excluding carboxylic acids is 1. The Kier molecular flexibility index (Phi) is 5.78. The molecule has 1 aliphatic rings. The number of carboxylic acid groups (broad SMARTS) is 1. The molecular formula is C15H23N3O3. The van der Waals surface area contributed by atoms with Gasteiger partial charge < -0.3 is 15.0 Å². The average Bonchev–Trinajstić information content (AvgIpc) is 2.77. The van der Waals surface area contributed by atoms with Crippen molar-refractivity contribution in [1.29, 1.82) is 0 Å². The molecule has 0 unspecified atom stereocenters. The third kappa shape index (κ3) is 5.21. The van der Waals surface area contributed by atoms with Gasteiger partial charge in [0, 0.05) is 25.7 Å². The van der Waals surface area contributed by atoms with Crippen LogP contribution in [0.25, 0.3) is 0 Å². The maximum Gasteiger partial charge on any atom is 0.356 e. The molecule has 2 rings (SSSR count). The number of carbonyl (C=O) groups is 2. The number of amides is 1. The fourth-order valence-corrected chi connectivity index (χ4v) is 2.82. The lowest BCUT2D eigenvalue weighted by Gasteiger charge is -2.13. The second-order valence-corrected chi connectivity index (χ2v) is 5.71. The summed E-state index contributed by atoms with van der Waals surface area (Å²) in [7, 11) is 0. The molecule has 1 aliphatic carbocycles. The molecule has 21 heavy (non-hydrogen) atoms. The van der Waals surface area contributed by atoms with Crippen molar-refractivity contribution in [3.63, 3.8) is 0 Å². The van der Waals surface area contributed by atoms with E-state index in [9.17, 15) is 9.59 Å². The SMILES string of the molecule is O=C(CC1CCCCCC1)NCCn1cnc(C(=O)O)c1. The molecule has 0 bridgehead atoms. The fourth-order valence-electron chi connectivity index (χ4n) is 2.82. The number of nitrogens with zero attached hydrogens (tertiary/aromatic N) is 2. The van der Waals surface area contributed by atoms with Gasteiger partial charge in [-0.1, -0.05) is 25.7 Å². The Morgan fingerprint density at radius 2 is 2.00 bits per heavy atom. The van der Waals surface area contributed by atoms with Gasteiger partial charge in [-0.15, -0.1) is 0 Å². The fraction of sp³-hybridized carbons (Fsp3) is 0.667. The van der Waals surface area contributed by atoms with Crippen LogP contribution in [0.3, 0.4) is 0 Å². The van der Waals surface area contributed by atoms with Crippen molar-refractivity contribution in [3.05, 3.63) is 18.2 Å². The number of hydrogen-bond donors (Lipinski definition) is 2. The third-order valence-corrected chi connectivity index (χ3v) is 3.99. The van der Waals surface area contributed by atoms with Crippen LogP contribution >= 0.6 is 0 Å². The summed E-state index contributed by atoms with van der Waals surface area (Å²) in [5.41, 5.74) is 0.0276. The summed E-state index contributed by atoms with van der Waals surface area (Å²) in [6.45, 7) is 1.04. The van der Waals surface area contributed by atoms with Gasteiger partial charge in [0.2, 0.25) is 5.91 Å². The van der Waals surface area contributed by atoms with Crippen molar-refractivity contribution in [3.8, 4) is 0 Å². The Morgan fingerprint density at radius 1 is 1.29 bits per heavy atom. The molecule has 1 heterocycles. The van der Waals surface area contributed by atoms with E-state index in [-0.39, 0.29) is 11.6 Å². The summed E-state index contributed by atoms with van der Waals surface area (Å²) in [5.74, 6) is -0.411. The molecule has 2 N–H and O–H groups in total. The van der Waals surface area contributed by atoms with Gasteiger partial charge in [0.05, 0.1) is 6.33 Å². The van der Waals surface area contributed by atoms with Gasteiger partial charge in [-0.2, -0.15) is 0 Å². The molecule has 1 amide bonds. The number of rotatable bonds is 6. The van der Waals surface area contributed by atoms with E-state index in [0.29, 0.717) is 25.4 Å². The third-order valence-electron chi connectivity index (χ3n) is 3.99. The maximum absolute atomic E-state index is 11.9. The smallest absolute Gasteiger partial charge is 0.356 e. The summed E-state index contributed by atoms with van der Waals surface area (Å²) in [4.78, 5) is 26.4. The second-order valence-electron chi connectivity index (χ2n) is 5.71. The summed E-state index contributed by atoms with van der Waals surface area (Å²) < 4.78 is 1.68.